The average Bonchev–Trinajstić information content (AvgIpc) is 1.87. The van der Waals surface area contributed by atoms with E-state index in [2.05, 4.69) is 6.58 Å². The molecule has 0 aliphatic heterocycles. The first-order valence-corrected chi connectivity index (χ1v) is 3.30. The van der Waals surface area contributed by atoms with Gasteiger partial charge in [0.2, 0.25) is 0 Å². The van der Waals surface area contributed by atoms with Gasteiger partial charge in [-0.2, -0.15) is 0 Å². The summed E-state index contributed by atoms with van der Waals surface area (Å²) in [6.45, 7) is 6.75. The fourth-order valence-corrected chi connectivity index (χ4v) is 0.534. The molecule has 0 atom stereocenters. The van der Waals surface area contributed by atoms with Gasteiger partial charge >= 0.3 is 0 Å². The summed E-state index contributed by atoms with van der Waals surface area (Å²) in [5.41, 5.74) is 0.920. The van der Waals surface area contributed by atoms with Gasteiger partial charge in [0, 0.05) is 0 Å². The van der Waals surface area contributed by atoms with Crippen molar-refractivity contribution in [3.05, 3.63) is 35.2 Å². The van der Waals surface area contributed by atoms with Gasteiger partial charge in [-0.25, -0.2) is 4.39 Å². The number of hydrogen-bond donors (Lipinski definition) is 0. The molecule has 56 valence electrons. The minimum Gasteiger partial charge on any atom is -0.206 e. The Balaban J connectivity index is 4.31. The molecule has 0 aliphatic carbocycles. The van der Waals surface area contributed by atoms with Gasteiger partial charge in [-0.15, -0.1) is 0 Å². The minimum atomic E-state index is -0.595. The smallest absolute Gasteiger partial charge is 0.134 e. The van der Waals surface area contributed by atoms with Crippen LogP contribution in [0.2, 0.25) is 0 Å². The first-order valence-electron chi connectivity index (χ1n) is 2.92. The van der Waals surface area contributed by atoms with Crippen LogP contribution in [0.1, 0.15) is 13.8 Å². The Labute approximate surface area is 65.7 Å². The molecule has 0 aliphatic rings. The highest BCUT2D eigenvalue weighted by Gasteiger charge is 1.94. The van der Waals surface area contributed by atoms with Crippen molar-refractivity contribution in [1.29, 1.82) is 0 Å². The number of rotatable bonds is 2. The van der Waals surface area contributed by atoms with Crippen LogP contribution in [0.25, 0.3) is 0 Å². The van der Waals surface area contributed by atoms with Crippen LogP contribution in [0.3, 0.4) is 0 Å². The van der Waals surface area contributed by atoms with E-state index in [9.17, 15) is 4.39 Å². The summed E-state index contributed by atoms with van der Waals surface area (Å²) in [5, 5.41) is 0.0654. The molecule has 0 N–H and O–H groups in total. The van der Waals surface area contributed by atoms with Crippen molar-refractivity contribution in [1.82, 2.24) is 0 Å². The van der Waals surface area contributed by atoms with E-state index >= 15 is 0 Å². The van der Waals surface area contributed by atoms with Crippen molar-refractivity contribution in [3.8, 4) is 0 Å². The third-order valence-corrected chi connectivity index (χ3v) is 1.38. The third kappa shape index (κ3) is 3.46. The lowest BCUT2D eigenvalue weighted by molar-refractivity contribution is 0.666. The molecule has 0 aromatic rings. The Hall–Kier alpha value is -0.560. The maximum atomic E-state index is 12.2. The van der Waals surface area contributed by atoms with Crippen LogP contribution in [-0.4, -0.2) is 0 Å². The fourth-order valence-electron chi connectivity index (χ4n) is 0.362. The molecule has 0 saturated carbocycles. The van der Waals surface area contributed by atoms with Crippen molar-refractivity contribution < 1.29 is 4.39 Å². The lowest BCUT2D eigenvalue weighted by Crippen LogP contribution is -1.72. The summed E-state index contributed by atoms with van der Waals surface area (Å²) in [6, 6.07) is 0. The first kappa shape index (κ1) is 9.44. The predicted octanol–water partition coefficient (Wildman–Crippen LogP) is 3.56. The van der Waals surface area contributed by atoms with Crippen LogP contribution in [0.4, 0.5) is 4.39 Å². The zero-order chi connectivity index (χ0) is 8.15. The summed E-state index contributed by atoms with van der Waals surface area (Å²) in [6.07, 6.45) is 3.37. The molecule has 0 rings (SSSR count). The van der Waals surface area contributed by atoms with E-state index in [1.807, 2.05) is 19.9 Å². The normalized spacial score (nSPS) is 13.6. The standard InChI is InChI=1S/C8H10ClF/c1-4-6(2)5-8(9)7(3)10/h4-5H,3H2,1-2H3/b6-4-,8-5+. The van der Waals surface area contributed by atoms with Crippen molar-refractivity contribution >= 4 is 11.6 Å². The van der Waals surface area contributed by atoms with Gasteiger partial charge < -0.3 is 0 Å². The van der Waals surface area contributed by atoms with Gasteiger partial charge in [0.15, 0.2) is 0 Å². The molecule has 0 unspecified atom stereocenters. The van der Waals surface area contributed by atoms with E-state index in [0.29, 0.717) is 0 Å². The number of hydrogen-bond acceptors (Lipinski definition) is 0. The highest BCUT2D eigenvalue weighted by Crippen LogP contribution is 2.15. The van der Waals surface area contributed by atoms with E-state index in [1.165, 1.54) is 6.08 Å². The van der Waals surface area contributed by atoms with Crippen molar-refractivity contribution in [2.45, 2.75) is 13.8 Å². The first-order chi connectivity index (χ1) is 4.57. The van der Waals surface area contributed by atoms with Gasteiger partial charge in [-0.05, 0) is 19.9 Å². The molecular weight excluding hydrogens is 151 g/mol. The predicted molar refractivity (Wildman–Crippen MR) is 43.6 cm³/mol. The van der Waals surface area contributed by atoms with Crippen LogP contribution in [0.15, 0.2) is 35.2 Å². The van der Waals surface area contributed by atoms with Crippen LogP contribution in [0.5, 0.6) is 0 Å². The van der Waals surface area contributed by atoms with Crippen LogP contribution in [0, 0.1) is 0 Å². The van der Waals surface area contributed by atoms with Gasteiger partial charge in [0.25, 0.3) is 0 Å². The maximum absolute atomic E-state index is 12.2. The molecule has 10 heavy (non-hydrogen) atoms. The summed E-state index contributed by atoms with van der Waals surface area (Å²) >= 11 is 5.44. The largest absolute Gasteiger partial charge is 0.206 e. The molecule has 0 amide bonds. The van der Waals surface area contributed by atoms with E-state index in [0.717, 1.165) is 5.57 Å². The number of allylic oxidation sites excluding steroid dienone is 5. The third-order valence-electron chi connectivity index (χ3n) is 1.07. The van der Waals surface area contributed by atoms with Crippen molar-refractivity contribution in [2.75, 3.05) is 0 Å². The Morgan fingerprint density at radius 2 is 2.10 bits per heavy atom. The van der Waals surface area contributed by atoms with Crippen LogP contribution < -0.4 is 0 Å². The monoisotopic (exact) mass is 160 g/mol. The molecule has 2 heteroatoms. The van der Waals surface area contributed by atoms with E-state index < -0.39 is 5.83 Å². The van der Waals surface area contributed by atoms with Gasteiger partial charge in [0.1, 0.15) is 5.83 Å². The fraction of sp³-hybridized carbons (Fsp3) is 0.250. The molecule has 0 fully saturated rings. The van der Waals surface area contributed by atoms with E-state index in [4.69, 9.17) is 11.6 Å². The van der Waals surface area contributed by atoms with Gasteiger partial charge in [-0.1, -0.05) is 29.8 Å². The molecule has 0 bridgehead atoms. The second-order valence-corrected chi connectivity index (χ2v) is 2.34. The number of halogens is 2. The highest BCUT2D eigenvalue weighted by atomic mass is 35.5. The van der Waals surface area contributed by atoms with Gasteiger partial charge in [0.05, 0.1) is 5.03 Å². The Bertz CT molecular complexity index is 189. The van der Waals surface area contributed by atoms with E-state index in [1.54, 1.807) is 0 Å². The second kappa shape index (κ2) is 4.29. The Morgan fingerprint density at radius 1 is 1.60 bits per heavy atom. The molecule has 0 spiro atoms. The SMILES string of the molecule is C=C(F)/C(Cl)=C\C(C)=C/C. The lowest BCUT2D eigenvalue weighted by atomic mass is 10.2. The molecule has 0 saturated heterocycles. The summed E-state index contributed by atoms with van der Waals surface area (Å²) in [5.74, 6) is -0.595. The minimum absolute atomic E-state index is 0.0654. The molecular formula is C8H10ClF. The van der Waals surface area contributed by atoms with E-state index in [-0.39, 0.29) is 5.03 Å². The Kier molecular flexibility index (Phi) is 4.05. The van der Waals surface area contributed by atoms with Crippen molar-refractivity contribution in [3.63, 3.8) is 0 Å². The molecule has 0 heterocycles. The molecule has 0 nitrogen and oxygen atoms in total. The summed E-state index contributed by atoms with van der Waals surface area (Å²) in [4.78, 5) is 0. The summed E-state index contributed by atoms with van der Waals surface area (Å²) in [7, 11) is 0. The molecule has 0 aromatic carbocycles. The quantitative estimate of drug-likeness (QED) is 0.542. The van der Waals surface area contributed by atoms with Gasteiger partial charge in [-0.3, -0.25) is 0 Å². The summed E-state index contributed by atoms with van der Waals surface area (Å²) < 4.78 is 12.2. The molecule has 0 aromatic heterocycles. The molecule has 0 radical (unpaired) electrons. The zero-order valence-corrected chi connectivity index (χ0v) is 6.87. The Morgan fingerprint density at radius 3 is 2.40 bits per heavy atom. The zero-order valence-electron chi connectivity index (χ0n) is 6.12. The lowest BCUT2D eigenvalue weighted by Gasteiger charge is -1.91. The average molecular weight is 161 g/mol. The topological polar surface area (TPSA) is 0 Å². The van der Waals surface area contributed by atoms with Crippen molar-refractivity contribution in [2.24, 2.45) is 0 Å². The van der Waals surface area contributed by atoms with Crippen LogP contribution in [-0.2, 0) is 0 Å². The highest BCUT2D eigenvalue weighted by molar-refractivity contribution is 6.31. The maximum Gasteiger partial charge on any atom is 0.134 e. The second-order valence-electron chi connectivity index (χ2n) is 1.93. The van der Waals surface area contributed by atoms with Crippen LogP contribution >= 0.6 is 11.6 Å².